The Morgan fingerprint density at radius 2 is 1.83 bits per heavy atom. The van der Waals surface area contributed by atoms with E-state index in [0.717, 1.165) is 36.9 Å². The molecule has 2 N–H and O–H groups in total. The van der Waals surface area contributed by atoms with Gasteiger partial charge in [0.2, 0.25) is 0 Å². The van der Waals surface area contributed by atoms with Gasteiger partial charge in [0.15, 0.2) is 0 Å². The number of nitro groups is 1. The molecule has 0 aromatic heterocycles. The molecule has 2 aromatic carbocycles. The number of hydrogen-bond donors (Lipinski definition) is 2. The van der Waals surface area contributed by atoms with E-state index < -0.39 is 10.9 Å². The molecule has 0 heterocycles. The van der Waals surface area contributed by atoms with Crippen molar-refractivity contribution in [3.05, 3.63) is 75.3 Å². The summed E-state index contributed by atoms with van der Waals surface area (Å²) in [7, 11) is 0. The Bertz CT molecular complexity index is 698. The van der Waals surface area contributed by atoms with Gasteiger partial charge in [0.1, 0.15) is 0 Å². The van der Waals surface area contributed by atoms with E-state index in [1.807, 2.05) is 6.07 Å². The molecule has 6 heteroatoms. The molecule has 0 saturated heterocycles. The average Bonchev–Trinajstić information content (AvgIpc) is 2.58. The Morgan fingerprint density at radius 3 is 2.50 bits per heavy atom. The summed E-state index contributed by atoms with van der Waals surface area (Å²) in [5, 5.41) is 22.8. The van der Waals surface area contributed by atoms with Gasteiger partial charge >= 0.3 is 5.97 Å². The number of unbranched alkanes of at least 4 members (excludes halogenated alkanes) is 1. The van der Waals surface area contributed by atoms with E-state index >= 15 is 0 Å². The first-order chi connectivity index (χ1) is 11.6. The van der Waals surface area contributed by atoms with E-state index in [4.69, 9.17) is 5.11 Å². The molecule has 0 amide bonds. The van der Waals surface area contributed by atoms with Gasteiger partial charge in [0.25, 0.3) is 5.69 Å². The number of nitrogens with one attached hydrogen (secondary N) is 1. The summed E-state index contributed by atoms with van der Waals surface area (Å²) in [6, 6.07) is 13.5. The normalized spacial score (nSPS) is 10.5. The number of hydrogen-bond acceptors (Lipinski definition) is 4. The molecular formula is C18H20N2O4. The van der Waals surface area contributed by atoms with Gasteiger partial charge in [-0.05, 0) is 49.1 Å². The van der Waals surface area contributed by atoms with Crippen LogP contribution in [0.3, 0.4) is 0 Å². The lowest BCUT2D eigenvalue weighted by molar-refractivity contribution is -0.384. The number of carboxylic acids is 1. The van der Waals surface area contributed by atoms with Crippen molar-refractivity contribution >= 4 is 11.7 Å². The number of benzene rings is 2. The van der Waals surface area contributed by atoms with Gasteiger partial charge in [-0.25, -0.2) is 4.79 Å². The Labute approximate surface area is 140 Å². The lowest BCUT2D eigenvalue weighted by Crippen LogP contribution is -2.15. The van der Waals surface area contributed by atoms with Crippen LogP contribution in [0.25, 0.3) is 0 Å². The second kappa shape index (κ2) is 8.79. The van der Waals surface area contributed by atoms with Crippen LogP contribution in [-0.4, -0.2) is 22.5 Å². The zero-order valence-electron chi connectivity index (χ0n) is 13.3. The van der Waals surface area contributed by atoms with E-state index in [-0.39, 0.29) is 5.69 Å². The molecule has 0 aliphatic heterocycles. The first-order valence-electron chi connectivity index (χ1n) is 7.82. The summed E-state index contributed by atoms with van der Waals surface area (Å²) in [6.45, 7) is 1.48. The second-order valence-corrected chi connectivity index (χ2v) is 5.56. The Hall–Kier alpha value is -2.73. The minimum Gasteiger partial charge on any atom is -0.478 e. The average molecular weight is 328 g/mol. The summed E-state index contributed by atoms with van der Waals surface area (Å²) in [4.78, 5) is 21.1. The minimum atomic E-state index is -0.917. The fourth-order valence-corrected chi connectivity index (χ4v) is 2.41. The molecule has 24 heavy (non-hydrogen) atoms. The number of non-ortho nitro benzene ring substituents is 1. The number of carbonyl (C=O) groups is 1. The molecule has 6 nitrogen and oxygen atoms in total. The summed E-state index contributed by atoms with van der Waals surface area (Å²) in [5.41, 5.74) is 2.46. The zero-order valence-corrected chi connectivity index (χ0v) is 13.3. The number of aromatic carboxylic acids is 1. The standard InChI is InChI=1S/C18H20N2O4/c21-18(22)16-6-3-5-15(12-16)13-19-11-2-1-4-14-7-9-17(10-8-14)20(23)24/h3,5-10,12,19H,1-2,4,11,13H2,(H,21,22). The molecule has 0 aliphatic carbocycles. The van der Waals surface area contributed by atoms with E-state index in [1.54, 1.807) is 30.3 Å². The van der Waals surface area contributed by atoms with Crippen LogP contribution in [0.4, 0.5) is 5.69 Å². The predicted molar refractivity (Wildman–Crippen MR) is 91.1 cm³/mol. The van der Waals surface area contributed by atoms with Crippen molar-refractivity contribution in [2.24, 2.45) is 0 Å². The fraction of sp³-hybridized carbons (Fsp3) is 0.278. The third kappa shape index (κ3) is 5.48. The van der Waals surface area contributed by atoms with Crippen LogP contribution < -0.4 is 5.32 Å². The molecule has 2 aromatic rings. The summed E-state index contributed by atoms with van der Waals surface area (Å²) in [5.74, 6) is -0.917. The van der Waals surface area contributed by atoms with Crippen molar-refractivity contribution in [1.29, 1.82) is 0 Å². The van der Waals surface area contributed by atoms with E-state index in [2.05, 4.69) is 5.32 Å². The Morgan fingerprint density at radius 1 is 1.08 bits per heavy atom. The van der Waals surface area contributed by atoms with Crippen molar-refractivity contribution in [3.8, 4) is 0 Å². The van der Waals surface area contributed by atoms with Gasteiger partial charge in [-0.1, -0.05) is 24.3 Å². The summed E-state index contributed by atoms with van der Waals surface area (Å²) < 4.78 is 0. The van der Waals surface area contributed by atoms with Crippen LogP contribution in [0.5, 0.6) is 0 Å². The van der Waals surface area contributed by atoms with Crippen LogP contribution in [0, 0.1) is 10.1 Å². The molecule has 0 aliphatic rings. The highest BCUT2D eigenvalue weighted by Crippen LogP contribution is 2.13. The molecule has 0 atom stereocenters. The molecule has 126 valence electrons. The van der Waals surface area contributed by atoms with Crippen molar-refractivity contribution in [1.82, 2.24) is 5.32 Å². The maximum absolute atomic E-state index is 10.9. The Kier molecular flexibility index (Phi) is 6.45. The molecule has 0 saturated carbocycles. The van der Waals surface area contributed by atoms with Crippen LogP contribution in [0.15, 0.2) is 48.5 Å². The molecule has 0 spiro atoms. The van der Waals surface area contributed by atoms with Crippen LogP contribution in [-0.2, 0) is 13.0 Å². The first kappa shape index (κ1) is 17.6. The third-order valence-corrected chi connectivity index (χ3v) is 3.72. The van der Waals surface area contributed by atoms with Crippen molar-refractivity contribution in [2.75, 3.05) is 6.54 Å². The van der Waals surface area contributed by atoms with E-state index in [0.29, 0.717) is 12.1 Å². The molecule has 0 bridgehead atoms. The SMILES string of the molecule is O=C(O)c1cccc(CNCCCCc2ccc([N+](=O)[O-])cc2)c1. The molecule has 0 radical (unpaired) electrons. The van der Waals surface area contributed by atoms with Gasteiger partial charge in [0, 0.05) is 18.7 Å². The molecule has 2 rings (SSSR count). The molecule has 0 unspecified atom stereocenters. The number of nitrogens with zero attached hydrogens (tertiary/aromatic N) is 1. The van der Waals surface area contributed by atoms with Gasteiger partial charge in [-0.2, -0.15) is 0 Å². The zero-order chi connectivity index (χ0) is 17.4. The van der Waals surface area contributed by atoms with Crippen LogP contribution in [0.2, 0.25) is 0 Å². The topological polar surface area (TPSA) is 92.5 Å². The highest BCUT2D eigenvalue weighted by molar-refractivity contribution is 5.87. The first-order valence-corrected chi connectivity index (χ1v) is 7.82. The minimum absolute atomic E-state index is 0.115. The van der Waals surface area contributed by atoms with Crippen LogP contribution in [0.1, 0.15) is 34.3 Å². The number of nitro benzene ring substituents is 1. The summed E-state index contributed by atoms with van der Waals surface area (Å²) >= 11 is 0. The number of carboxylic acid groups (broad SMARTS) is 1. The van der Waals surface area contributed by atoms with Crippen molar-refractivity contribution < 1.29 is 14.8 Å². The maximum atomic E-state index is 10.9. The molecular weight excluding hydrogens is 308 g/mol. The van der Waals surface area contributed by atoms with Gasteiger partial charge in [-0.3, -0.25) is 10.1 Å². The van der Waals surface area contributed by atoms with E-state index in [1.165, 1.54) is 12.1 Å². The smallest absolute Gasteiger partial charge is 0.335 e. The maximum Gasteiger partial charge on any atom is 0.335 e. The highest BCUT2D eigenvalue weighted by Gasteiger charge is 2.04. The Balaban J connectivity index is 1.65. The predicted octanol–water partition coefficient (Wildman–Crippen LogP) is 3.41. The largest absolute Gasteiger partial charge is 0.478 e. The van der Waals surface area contributed by atoms with Gasteiger partial charge < -0.3 is 10.4 Å². The fourth-order valence-electron chi connectivity index (χ4n) is 2.41. The lowest BCUT2D eigenvalue weighted by atomic mass is 10.1. The highest BCUT2D eigenvalue weighted by atomic mass is 16.6. The lowest BCUT2D eigenvalue weighted by Gasteiger charge is -2.06. The van der Waals surface area contributed by atoms with Crippen molar-refractivity contribution in [2.45, 2.75) is 25.8 Å². The second-order valence-electron chi connectivity index (χ2n) is 5.56. The third-order valence-electron chi connectivity index (χ3n) is 3.72. The summed E-state index contributed by atoms with van der Waals surface area (Å²) in [6.07, 6.45) is 2.85. The molecule has 0 fully saturated rings. The van der Waals surface area contributed by atoms with E-state index in [9.17, 15) is 14.9 Å². The van der Waals surface area contributed by atoms with Crippen molar-refractivity contribution in [3.63, 3.8) is 0 Å². The van der Waals surface area contributed by atoms with Crippen LogP contribution >= 0.6 is 0 Å². The number of aryl methyl sites for hydroxylation is 1. The quantitative estimate of drug-likeness (QED) is 0.418. The monoisotopic (exact) mass is 328 g/mol. The van der Waals surface area contributed by atoms with Gasteiger partial charge in [0.05, 0.1) is 10.5 Å². The van der Waals surface area contributed by atoms with Gasteiger partial charge in [-0.15, -0.1) is 0 Å². The number of rotatable bonds is 9.